The first kappa shape index (κ1) is 20.7. The van der Waals surface area contributed by atoms with Crippen molar-refractivity contribution >= 4 is 22.9 Å². The van der Waals surface area contributed by atoms with Crippen LogP contribution >= 0.6 is 0 Å². The van der Waals surface area contributed by atoms with E-state index in [4.69, 9.17) is 0 Å². The Morgan fingerprint density at radius 3 is 2.42 bits per heavy atom. The standard InChI is InChI=1S/C28H28N2O/c1-21-12-14-24(15-13-21)28(31)30(20-22(2)18-23-8-4-3-5-9-23)17-16-25-19-29-27-11-7-6-10-26(25)27/h3-15,18-19,29H,16-17,20H2,1-2H3. The van der Waals surface area contributed by atoms with Crippen molar-refractivity contribution in [2.75, 3.05) is 13.1 Å². The number of carbonyl (C=O) groups excluding carboxylic acids is 1. The van der Waals surface area contributed by atoms with Crippen LogP contribution in [0.15, 0.2) is 90.6 Å². The number of H-pyrrole nitrogens is 1. The molecular formula is C28H28N2O. The number of aryl methyl sites for hydroxylation is 1. The van der Waals surface area contributed by atoms with Gasteiger partial charge in [0.25, 0.3) is 5.91 Å². The maximum atomic E-state index is 13.4. The van der Waals surface area contributed by atoms with Gasteiger partial charge in [-0.25, -0.2) is 0 Å². The highest BCUT2D eigenvalue weighted by atomic mass is 16.2. The van der Waals surface area contributed by atoms with Crippen molar-refractivity contribution in [3.8, 4) is 0 Å². The predicted molar refractivity (Wildman–Crippen MR) is 129 cm³/mol. The quantitative estimate of drug-likeness (QED) is 0.385. The molecule has 0 bridgehead atoms. The summed E-state index contributed by atoms with van der Waals surface area (Å²) >= 11 is 0. The van der Waals surface area contributed by atoms with Gasteiger partial charge in [0.1, 0.15) is 0 Å². The van der Waals surface area contributed by atoms with E-state index in [-0.39, 0.29) is 5.91 Å². The average Bonchev–Trinajstić information content (AvgIpc) is 3.20. The molecular weight excluding hydrogens is 380 g/mol. The highest BCUT2D eigenvalue weighted by Gasteiger charge is 2.17. The summed E-state index contributed by atoms with van der Waals surface area (Å²) in [7, 11) is 0. The molecule has 0 aliphatic heterocycles. The van der Waals surface area contributed by atoms with E-state index in [0.29, 0.717) is 13.1 Å². The first-order chi connectivity index (χ1) is 15.1. The summed E-state index contributed by atoms with van der Waals surface area (Å²) in [5.74, 6) is 0.0700. The van der Waals surface area contributed by atoms with Crippen LogP contribution in [0.1, 0.15) is 34.0 Å². The maximum Gasteiger partial charge on any atom is 0.254 e. The number of fused-ring (bicyclic) bond motifs is 1. The number of carbonyl (C=O) groups is 1. The van der Waals surface area contributed by atoms with Crippen LogP contribution < -0.4 is 0 Å². The minimum Gasteiger partial charge on any atom is -0.361 e. The number of nitrogens with one attached hydrogen (secondary N) is 1. The molecule has 0 saturated heterocycles. The molecule has 1 N–H and O–H groups in total. The fourth-order valence-electron chi connectivity index (χ4n) is 3.91. The Morgan fingerprint density at radius 2 is 1.65 bits per heavy atom. The minimum absolute atomic E-state index is 0.0700. The number of para-hydroxylation sites is 1. The molecule has 0 radical (unpaired) electrons. The van der Waals surface area contributed by atoms with E-state index in [0.717, 1.165) is 34.2 Å². The second kappa shape index (κ2) is 9.48. The van der Waals surface area contributed by atoms with Crippen LogP contribution in [-0.2, 0) is 6.42 Å². The molecule has 0 aliphatic rings. The lowest BCUT2D eigenvalue weighted by Crippen LogP contribution is -2.34. The lowest BCUT2D eigenvalue weighted by atomic mass is 10.1. The van der Waals surface area contributed by atoms with Crippen molar-refractivity contribution in [1.82, 2.24) is 9.88 Å². The Bertz CT molecular complexity index is 1190. The molecule has 31 heavy (non-hydrogen) atoms. The van der Waals surface area contributed by atoms with Gasteiger partial charge in [0.05, 0.1) is 0 Å². The smallest absolute Gasteiger partial charge is 0.254 e. The summed E-state index contributed by atoms with van der Waals surface area (Å²) in [5, 5.41) is 1.22. The van der Waals surface area contributed by atoms with Crippen molar-refractivity contribution in [2.24, 2.45) is 0 Å². The normalized spacial score (nSPS) is 11.6. The third-order valence-corrected chi connectivity index (χ3v) is 5.56. The van der Waals surface area contributed by atoms with Gasteiger partial charge in [-0.2, -0.15) is 0 Å². The lowest BCUT2D eigenvalue weighted by Gasteiger charge is -2.23. The SMILES string of the molecule is CC(=Cc1ccccc1)CN(CCc1c[nH]c2ccccc12)C(=O)c1ccc(C)cc1. The zero-order valence-electron chi connectivity index (χ0n) is 18.1. The Labute approximate surface area is 184 Å². The van der Waals surface area contributed by atoms with Gasteiger partial charge in [-0.05, 0) is 49.6 Å². The van der Waals surface area contributed by atoms with E-state index in [1.807, 2.05) is 60.4 Å². The van der Waals surface area contributed by atoms with E-state index in [1.165, 1.54) is 10.9 Å². The largest absolute Gasteiger partial charge is 0.361 e. The first-order valence-corrected chi connectivity index (χ1v) is 10.7. The van der Waals surface area contributed by atoms with Gasteiger partial charge < -0.3 is 9.88 Å². The lowest BCUT2D eigenvalue weighted by molar-refractivity contribution is 0.0772. The Hall–Kier alpha value is -3.59. The van der Waals surface area contributed by atoms with Gasteiger partial charge in [0.2, 0.25) is 0 Å². The topological polar surface area (TPSA) is 36.1 Å². The van der Waals surface area contributed by atoms with Crippen LogP contribution in [0, 0.1) is 6.92 Å². The summed E-state index contributed by atoms with van der Waals surface area (Å²) in [5.41, 5.74) is 6.57. The number of hydrogen-bond acceptors (Lipinski definition) is 1. The van der Waals surface area contributed by atoms with Gasteiger partial charge in [-0.1, -0.05) is 77.9 Å². The molecule has 0 fully saturated rings. The molecule has 0 unspecified atom stereocenters. The summed E-state index contributed by atoms with van der Waals surface area (Å²) in [6, 6.07) is 26.4. The molecule has 3 aromatic carbocycles. The molecule has 1 amide bonds. The number of aromatic amines is 1. The van der Waals surface area contributed by atoms with Crippen LogP contribution in [-0.4, -0.2) is 28.9 Å². The highest BCUT2D eigenvalue weighted by molar-refractivity contribution is 5.94. The molecule has 3 heteroatoms. The average molecular weight is 409 g/mol. The minimum atomic E-state index is 0.0700. The number of hydrogen-bond donors (Lipinski definition) is 1. The molecule has 0 spiro atoms. The molecule has 1 aromatic heterocycles. The van der Waals surface area contributed by atoms with Crippen LogP contribution in [0.3, 0.4) is 0 Å². The molecule has 4 aromatic rings. The summed E-state index contributed by atoms with van der Waals surface area (Å²) in [4.78, 5) is 18.7. The monoisotopic (exact) mass is 408 g/mol. The predicted octanol–water partition coefficient (Wildman–Crippen LogP) is 6.26. The van der Waals surface area contributed by atoms with Crippen LogP contribution in [0.4, 0.5) is 0 Å². The van der Waals surface area contributed by atoms with Crippen molar-refractivity contribution in [3.63, 3.8) is 0 Å². The van der Waals surface area contributed by atoms with Crippen molar-refractivity contribution in [2.45, 2.75) is 20.3 Å². The summed E-state index contributed by atoms with van der Waals surface area (Å²) in [6.45, 7) is 5.39. The third kappa shape index (κ3) is 5.13. The molecule has 0 atom stereocenters. The number of aromatic nitrogens is 1. The molecule has 1 heterocycles. The zero-order valence-corrected chi connectivity index (χ0v) is 18.1. The fourth-order valence-corrected chi connectivity index (χ4v) is 3.91. The fraction of sp³-hybridized carbons (Fsp3) is 0.179. The summed E-state index contributed by atoms with van der Waals surface area (Å²) < 4.78 is 0. The molecule has 4 rings (SSSR count). The molecule has 0 aliphatic carbocycles. The van der Waals surface area contributed by atoms with Crippen LogP contribution in [0.25, 0.3) is 17.0 Å². The number of benzene rings is 3. The van der Waals surface area contributed by atoms with Gasteiger partial charge in [-0.3, -0.25) is 4.79 Å². The van der Waals surface area contributed by atoms with Crippen molar-refractivity contribution in [1.29, 1.82) is 0 Å². The van der Waals surface area contributed by atoms with Crippen molar-refractivity contribution in [3.05, 3.63) is 113 Å². The maximum absolute atomic E-state index is 13.4. The highest BCUT2D eigenvalue weighted by Crippen LogP contribution is 2.19. The Kier molecular flexibility index (Phi) is 6.32. The van der Waals surface area contributed by atoms with Gasteiger partial charge in [0, 0.05) is 35.8 Å². The van der Waals surface area contributed by atoms with Crippen molar-refractivity contribution < 1.29 is 4.79 Å². The first-order valence-electron chi connectivity index (χ1n) is 10.7. The second-order valence-corrected chi connectivity index (χ2v) is 8.10. The third-order valence-electron chi connectivity index (χ3n) is 5.56. The van der Waals surface area contributed by atoms with Gasteiger partial charge in [0.15, 0.2) is 0 Å². The van der Waals surface area contributed by atoms with E-state index in [9.17, 15) is 4.79 Å². The number of rotatable bonds is 7. The zero-order chi connectivity index (χ0) is 21.6. The van der Waals surface area contributed by atoms with E-state index >= 15 is 0 Å². The molecule has 0 saturated carbocycles. The van der Waals surface area contributed by atoms with Gasteiger partial charge >= 0.3 is 0 Å². The van der Waals surface area contributed by atoms with Crippen LogP contribution in [0.5, 0.6) is 0 Å². The van der Waals surface area contributed by atoms with Crippen LogP contribution in [0.2, 0.25) is 0 Å². The Morgan fingerprint density at radius 1 is 0.935 bits per heavy atom. The van der Waals surface area contributed by atoms with E-state index in [1.54, 1.807) is 0 Å². The molecule has 156 valence electrons. The Balaban J connectivity index is 1.56. The number of nitrogens with zero attached hydrogens (tertiary/aromatic N) is 1. The van der Waals surface area contributed by atoms with E-state index in [2.05, 4.69) is 54.5 Å². The number of amides is 1. The summed E-state index contributed by atoms with van der Waals surface area (Å²) in [6.07, 6.45) is 5.02. The van der Waals surface area contributed by atoms with Gasteiger partial charge in [-0.15, -0.1) is 0 Å². The van der Waals surface area contributed by atoms with E-state index < -0.39 is 0 Å². The molecule has 3 nitrogen and oxygen atoms in total. The second-order valence-electron chi connectivity index (χ2n) is 8.10.